The SMILES string of the molecule is CCCCOC(=O)C1C(C)=NC2=C(C(=O)CCC2)[C@H]1c1cccc(C(F)(F)F)c1. The van der Waals surface area contributed by atoms with E-state index in [0.717, 1.165) is 18.6 Å². The zero-order valence-electron chi connectivity index (χ0n) is 16.5. The molecule has 0 radical (unpaired) electrons. The first kappa shape index (κ1) is 21.3. The summed E-state index contributed by atoms with van der Waals surface area (Å²) in [4.78, 5) is 30.1. The summed E-state index contributed by atoms with van der Waals surface area (Å²) in [5.74, 6) is -2.42. The van der Waals surface area contributed by atoms with Crippen molar-refractivity contribution in [3.8, 4) is 0 Å². The number of ether oxygens (including phenoxy) is 1. The first-order chi connectivity index (χ1) is 13.7. The van der Waals surface area contributed by atoms with E-state index in [2.05, 4.69) is 4.99 Å². The molecule has 0 fully saturated rings. The maximum atomic E-state index is 13.3. The van der Waals surface area contributed by atoms with Crippen LogP contribution < -0.4 is 0 Å². The van der Waals surface area contributed by atoms with Gasteiger partial charge < -0.3 is 4.74 Å². The summed E-state index contributed by atoms with van der Waals surface area (Å²) < 4.78 is 45.2. The molecule has 0 saturated carbocycles. The number of Topliss-reactive ketones (excluding diaryl/α,β-unsaturated/α-hetero) is 1. The van der Waals surface area contributed by atoms with Gasteiger partial charge in [-0.2, -0.15) is 13.2 Å². The maximum Gasteiger partial charge on any atom is 0.416 e. The third kappa shape index (κ3) is 4.43. The van der Waals surface area contributed by atoms with Gasteiger partial charge >= 0.3 is 12.1 Å². The number of rotatable bonds is 5. The van der Waals surface area contributed by atoms with Crippen molar-refractivity contribution in [2.75, 3.05) is 6.61 Å². The standard InChI is InChI=1S/C22H24F3NO3/c1-3-4-11-29-21(28)18-13(2)26-16-9-6-10-17(27)20(16)19(18)14-7-5-8-15(12-14)22(23,24)25/h5,7-8,12,18-19H,3-4,6,9-11H2,1-2H3/t18?,19-/m0/s1. The monoisotopic (exact) mass is 407 g/mol. The number of hydrogen-bond acceptors (Lipinski definition) is 4. The van der Waals surface area contributed by atoms with Crippen LogP contribution in [0.25, 0.3) is 0 Å². The number of esters is 1. The Morgan fingerprint density at radius 3 is 2.72 bits per heavy atom. The highest BCUT2D eigenvalue weighted by atomic mass is 19.4. The van der Waals surface area contributed by atoms with Gasteiger partial charge in [-0.1, -0.05) is 31.5 Å². The number of carbonyl (C=O) groups is 2. The molecule has 3 rings (SSSR count). The Bertz CT molecular complexity index is 870. The number of allylic oxidation sites excluding steroid dienone is 2. The lowest BCUT2D eigenvalue weighted by molar-refractivity contribution is -0.146. The molecule has 0 bridgehead atoms. The van der Waals surface area contributed by atoms with Crippen molar-refractivity contribution < 1.29 is 27.5 Å². The fourth-order valence-corrected chi connectivity index (χ4v) is 3.99. The molecule has 7 heteroatoms. The Morgan fingerprint density at radius 1 is 1.28 bits per heavy atom. The molecule has 2 atom stereocenters. The zero-order valence-corrected chi connectivity index (χ0v) is 16.5. The highest BCUT2D eigenvalue weighted by molar-refractivity contribution is 6.08. The molecule has 0 saturated heterocycles. The van der Waals surface area contributed by atoms with Crippen molar-refractivity contribution >= 4 is 17.5 Å². The Labute approximate surface area is 167 Å². The van der Waals surface area contributed by atoms with Crippen molar-refractivity contribution in [1.82, 2.24) is 0 Å². The zero-order chi connectivity index (χ0) is 21.2. The summed E-state index contributed by atoms with van der Waals surface area (Å²) >= 11 is 0. The largest absolute Gasteiger partial charge is 0.465 e. The molecule has 1 aromatic rings. The molecular weight excluding hydrogens is 383 g/mol. The molecule has 0 aromatic heterocycles. The van der Waals surface area contributed by atoms with Crippen LogP contribution in [0.3, 0.4) is 0 Å². The van der Waals surface area contributed by atoms with Gasteiger partial charge in [0.1, 0.15) is 5.92 Å². The summed E-state index contributed by atoms with van der Waals surface area (Å²) in [5.41, 5.74) is 0.896. The van der Waals surface area contributed by atoms with Crippen LogP contribution in [0.2, 0.25) is 0 Å². The number of unbranched alkanes of at least 4 members (excludes halogenated alkanes) is 1. The normalized spacial score (nSPS) is 22.2. The second kappa shape index (κ2) is 8.51. The van der Waals surface area contributed by atoms with Crippen LogP contribution in [-0.2, 0) is 20.5 Å². The van der Waals surface area contributed by atoms with Gasteiger partial charge in [-0.05, 0) is 37.8 Å². The number of alkyl halides is 3. The van der Waals surface area contributed by atoms with Crippen molar-refractivity contribution in [1.29, 1.82) is 0 Å². The lowest BCUT2D eigenvalue weighted by Crippen LogP contribution is -2.37. The summed E-state index contributed by atoms with van der Waals surface area (Å²) in [6, 6.07) is 4.87. The van der Waals surface area contributed by atoms with Gasteiger partial charge in [-0.3, -0.25) is 14.6 Å². The van der Waals surface area contributed by atoms with Gasteiger partial charge in [0.2, 0.25) is 0 Å². The van der Waals surface area contributed by atoms with E-state index in [9.17, 15) is 22.8 Å². The van der Waals surface area contributed by atoms with Crippen molar-refractivity contribution in [3.05, 3.63) is 46.7 Å². The Balaban J connectivity index is 2.09. The number of carbonyl (C=O) groups excluding carboxylic acids is 2. The summed E-state index contributed by atoms with van der Waals surface area (Å²) in [5, 5.41) is 0. The van der Waals surface area contributed by atoms with E-state index < -0.39 is 29.5 Å². The van der Waals surface area contributed by atoms with Crippen LogP contribution in [0.5, 0.6) is 0 Å². The average Bonchev–Trinajstić information content (AvgIpc) is 2.66. The minimum atomic E-state index is -4.52. The van der Waals surface area contributed by atoms with Crippen molar-refractivity contribution in [2.24, 2.45) is 10.9 Å². The number of halogens is 3. The molecule has 4 nitrogen and oxygen atoms in total. The number of aliphatic imine (C=N–C) groups is 1. The summed E-state index contributed by atoms with van der Waals surface area (Å²) in [6.07, 6.45) is -1.45. The minimum Gasteiger partial charge on any atom is -0.465 e. The minimum absolute atomic E-state index is 0.156. The lowest BCUT2D eigenvalue weighted by atomic mass is 9.71. The van der Waals surface area contributed by atoms with Gasteiger partial charge in [-0.15, -0.1) is 0 Å². The van der Waals surface area contributed by atoms with E-state index in [4.69, 9.17) is 4.74 Å². The van der Waals surface area contributed by atoms with Crippen molar-refractivity contribution in [3.63, 3.8) is 0 Å². The van der Waals surface area contributed by atoms with Gasteiger partial charge in [0.15, 0.2) is 5.78 Å². The number of hydrogen-bond donors (Lipinski definition) is 0. The topological polar surface area (TPSA) is 55.7 Å². The summed E-state index contributed by atoms with van der Waals surface area (Å²) in [7, 11) is 0. The van der Waals surface area contributed by atoms with Crippen LogP contribution in [0.1, 0.15) is 63.0 Å². The van der Waals surface area contributed by atoms with Crippen LogP contribution in [0, 0.1) is 5.92 Å². The van der Waals surface area contributed by atoms with Crippen molar-refractivity contribution in [2.45, 2.75) is 58.0 Å². The first-order valence-corrected chi connectivity index (χ1v) is 9.89. The van der Waals surface area contributed by atoms with Gasteiger partial charge in [0.05, 0.1) is 12.2 Å². The van der Waals surface area contributed by atoms with Crippen LogP contribution in [-0.4, -0.2) is 24.1 Å². The summed E-state index contributed by atoms with van der Waals surface area (Å²) in [6.45, 7) is 3.87. The molecule has 0 N–H and O–H groups in total. The quantitative estimate of drug-likeness (QED) is 0.496. The molecule has 1 aliphatic carbocycles. The molecule has 1 heterocycles. The second-order valence-electron chi connectivity index (χ2n) is 7.49. The van der Waals surface area contributed by atoms with Gasteiger partial charge in [0, 0.05) is 29.3 Å². The lowest BCUT2D eigenvalue weighted by Gasteiger charge is -2.34. The van der Waals surface area contributed by atoms with Crippen LogP contribution >= 0.6 is 0 Å². The van der Waals surface area contributed by atoms with E-state index >= 15 is 0 Å². The second-order valence-corrected chi connectivity index (χ2v) is 7.49. The van der Waals surface area contributed by atoms with E-state index in [1.807, 2.05) is 6.92 Å². The van der Waals surface area contributed by atoms with Crippen LogP contribution in [0.4, 0.5) is 13.2 Å². The highest BCUT2D eigenvalue weighted by Gasteiger charge is 2.43. The smallest absolute Gasteiger partial charge is 0.416 e. The Morgan fingerprint density at radius 2 is 2.03 bits per heavy atom. The molecule has 156 valence electrons. The Hall–Kier alpha value is -2.44. The van der Waals surface area contributed by atoms with E-state index in [1.165, 1.54) is 12.1 Å². The molecular formula is C22H24F3NO3. The van der Waals surface area contributed by atoms with E-state index in [-0.39, 0.29) is 18.0 Å². The third-order valence-corrected chi connectivity index (χ3v) is 5.40. The van der Waals surface area contributed by atoms with Gasteiger partial charge in [0.25, 0.3) is 0 Å². The average molecular weight is 407 g/mol. The molecule has 0 spiro atoms. The molecule has 1 aliphatic heterocycles. The Kier molecular flexibility index (Phi) is 6.24. The molecule has 29 heavy (non-hydrogen) atoms. The third-order valence-electron chi connectivity index (χ3n) is 5.40. The number of nitrogens with zero attached hydrogens (tertiary/aromatic N) is 1. The molecule has 2 aliphatic rings. The van der Waals surface area contributed by atoms with E-state index in [0.29, 0.717) is 42.7 Å². The molecule has 1 unspecified atom stereocenters. The predicted molar refractivity (Wildman–Crippen MR) is 103 cm³/mol. The fourth-order valence-electron chi connectivity index (χ4n) is 3.99. The highest BCUT2D eigenvalue weighted by Crippen LogP contribution is 2.44. The fraction of sp³-hybridized carbons (Fsp3) is 0.500. The number of benzene rings is 1. The number of ketones is 1. The first-order valence-electron chi connectivity index (χ1n) is 9.89. The van der Waals surface area contributed by atoms with Gasteiger partial charge in [-0.25, -0.2) is 0 Å². The molecule has 0 amide bonds. The van der Waals surface area contributed by atoms with E-state index in [1.54, 1.807) is 6.92 Å². The van der Waals surface area contributed by atoms with Crippen LogP contribution in [0.15, 0.2) is 40.5 Å². The maximum absolute atomic E-state index is 13.3. The molecule has 1 aromatic carbocycles. The predicted octanol–water partition coefficient (Wildman–Crippen LogP) is 5.23.